The SMILES string of the molecule is O=CO.O=c1ccnc[nH]1. The quantitative estimate of drug-likeness (QED) is 0.477. The number of nitrogens with one attached hydrogen (secondary N) is 1. The van der Waals surface area contributed by atoms with Gasteiger partial charge >= 0.3 is 0 Å². The summed E-state index contributed by atoms with van der Waals surface area (Å²) in [6.07, 6.45) is 2.79. The Morgan fingerprint density at radius 3 is 2.50 bits per heavy atom. The van der Waals surface area contributed by atoms with Crippen LogP contribution in [0.2, 0.25) is 0 Å². The van der Waals surface area contributed by atoms with Gasteiger partial charge in [-0.2, -0.15) is 0 Å². The number of hydrogen-bond donors (Lipinski definition) is 2. The van der Waals surface area contributed by atoms with Gasteiger partial charge in [0.15, 0.2) is 0 Å². The van der Waals surface area contributed by atoms with E-state index >= 15 is 0 Å². The molecule has 0 saturated heterocycles. The maximum absolute atomic E-state index is 10.2. The van der Waals surface area contributed by atoms with Crippen molar-refractivity contribution in [3.05, 3.63) is 28.9 Å². The van der Waals surface area contributed by atoms with Crippen LogP contribution in [0.4, 0.5) is 0 Å². The summed E-state index contributed by atoms with van der Waals surface area (Å²) in [5.74, 6) is 0. The van der Waals surface area contributed by atoms with Crippen LogP contribution in [0.5, 0.6) is 0 Å². The van der Waals surface area contributed by atoms with Gasteiger partial charge in [-0.25, -0.2) is 4.98 Å². The molecule has 0 unspecified atom stereocenters. The van der Waals surface area contributed by atoms with Crippen LogP contribution in [-0.4, -0.2) is 21.5 Å². The summed E-state index contributed by atoms with van der Waals surface area (Å²) in [4.78, 5) is 24.5. The van der Waals surface area contributed by atoms with Crippen molar-refractivity contribution in [2.45, 2.75) is 0 Å². The van der Waals surface area contributed by atoms with E-state index in [0.29, 0.717) is 0 Å². The van der Waals surface area contributed by atoms with E-state index in [1.165, 1.54) is 18.6 Å². The Labute approximate surface area is 56.4 Å². The zero-order valence-electron chi connectivity index (χ0n) is 5.02. The third-order valence-corrected chi connectivity index (χ3v) is 0.593. The Morgan fingerprint density at radius 1 is 1.70 bits per heavy atom. The van der Waals surface area contributed by atoms with Crippen LogP contribution in [0.25, 0.3) is 0 Å². The van der Waals surface area contributed by atoms with Gasteiger partial charge in [-0.15, -0.1) is 0 Å². The Balaban J connectivity index is 0.000000236. The van der Waals surface area contributed by atoms with Gasteiger partial charge in [0.05, 0.1) is 6.33 Å². The fourth-order valence-corrected chi connectivity index (χ4v) is 0.303. The van der Waals surface area contributed by atoms with Gasteiger partial charge in [-0.05, 0) is 0 Å². The van der Waals surface area contributed by atoms with Gasteiger partial charge in [-0.1, -0.05) is 0 Å². The molecule has 0 aliphatic rings. The maximum Gasteiger partial charge on any atom is 0.290 e. The zero-order valence-corrected chi connectivity index (χ0v) is 5.02. The highest BCUT2D eigenvalue weighted by Crippen LogP contribution is 1.57. The molecule has 0 fully saturated rings. The summed E-state index contributed by atoms with van der Waals surface area (Å²) in [6.45, 7) is -0.250. The molecule has 0 radical (unpaired) electrons. The largest absolute Gasteiger partial charge is 0.483 e. The van der Waals surface area contributed by atoms with E-state index in [9.17, 15) is 4.79 Å². The van der Waals surface area contributed by atoms with Crippen molar-refractivity contribution in [1.29, 1.82) is 0 Å². The lowest BCUT2D eigenvalue weighted by atomic mass is 10.7. The molecule has 0 amide bonds. The molecule has 0 bridgehead atoms. The molecule has 0 aliphatic carbocycles. The Kier molecular flexibility index (Phi) is 4.58. The highest BCUT2D eigenvalue weighted by Gasteiger charge is 1.70. The van der Waals surface area contributed by atoms with E-state index < -0.39 is 0 Å². The van der Waals surface area contributed by atoms with Crippen molar-refractivity contribution in [3.63, 3.8) is 0 Å². The van der Waals surface area contributed by atoms with Gasteiger partial charge in [0.2, 0.25) is 0 Å². The van der Waals surface area contributed by atoms with Gasteiger partial charge in [0, 0.05) is 12.3 Å². The molecule has 2 N–H and O–H groups in total. The van der Waals surface area contributed by atoms with Crippen molar-refractivity contribution < 1.29 is 9.90 Å². The second-order valence-corrected chi connectivity index (χ2v) is 1.21. The number of H-pyrrole nitrogens is 1. The number of rotatable bonds is 0. The molecule has 5 nitrogen and oxygen atoms in total. The highest BCUT2D eigenvalue weighted by molar-refractivity contribution is 5.32. The van der Waals surface area contributed by atoms with Crippen LogP contribution in [0.3, 0.4) is 0 Å². The summed E-state index contributed by atoms with van der Waals surface area (Å²) < 4.78 is 0. The van der Waals surface area contributed by atoms with Gasteiger partial charge in [-0.3, -0.25) is 9.59 Å². The van der Waals surface area contributed by atoms with E-state index in [-0.39, 0.29) is 12.0 Å². The van der Waals surface area contributed by atoms with E-state index in [0.717, 1.165) is 0 Å². The molecule has 0 aliphatic heterocycles. The summed E-state index contributed by atoms with van der Waals surface area (Å²) in [6, 6.07) is 1.36. The summed E-state index contributed by atoms with van der Waals surface area (Å²) in [5, 5.41) is 6.89. The highest BCUT2D eigenvalue weighted by atomic mass is 16.3. The lowest BCUT2D eigenvalue weighted by Crippen LogP contribution is -2.00. The van der Waals surface area contributed by atoms with E-state index in [4.69, 9.17) is 9.90 Å². The minimum absolute atomic E-state index is 0.116. The van der Waals surface area contributed by atoms with Crippen molar-refractivity contribution in [2.75, 3.05) is 0 Å². The first-order chi connectivity index (χ1) is 4.81. The minimum atomic E-state index is -0.250. The molecule has 0 saturated carbocycles. The monoisotopic (exact) mass is 142 g/mol. The topological polar surface area (TPSA) is 83.0 Å². The second-order valence-electron chi connectivity index (χ2n) is 1.21. The number of aromatic nitrogens is 2. The summed E-state index contributed by atoms with van der Waals surface area (Å²) in [5.41, 5.74) is -0.116. The lowest BCUT2D eigenvalue weighted by molar-refractivity contribution is -0.122. The van der Waals surface area contributed by atoms with Crippen molar-refractivity contribution in [1.82, 2.24) is 9.97 Å². The molecule has 54 valence electrons. The smallest absolute Gasteiger partial charge is 0.290 e. The van der Waals surface area contributed by atoms with Crippen LogP contribution in [0.1, 0.15) is 0 Å². The fraction of sp³-hybridized carbons (Fsp3) is 0. The molecular formula is C5H6N2O3. The Bertz CT molecular complexity index is 215. The van der Waals surface area contributed by atoms with Crippen molar-refractivity contribution >= 4 is 6.47 Å². The summed E-state index contributed by atoms with van der Waals surface area (Å²) in [7, 11) is 0. The zero-order chi connectivity index (χ0) is 7.82. The summed E-state index contributed by atoms with van der Waals surface area (Å²) >= 11 is 0. The molecular weight excluding hydrogens is 136 g/mol. The number of nitrogens with zero attached hydrogens (tertiary/aromatic N) is 1. The van der Waals surface area contributed by atoms with Crippen LogP contribution in [0.15, 0.2) is 23.4 Å². The number of aromatic amines is 1. The Hall–Kier alpha value is -1.65. The molecule has 1 aromatic heterocycles. The molecule has 5 heteroatoms. The number of carboxylic acid groups (broad SMARTS) is 1. The van der Waals surface area contributed by atoms with Gasteiger partial charge < -0.3 is 10.1 Å². The standard InChI is InChI=1S/C4H4N2O.CH2O2/c7-4-1-2-5-3-6-4;2-1-3/h1-3H,(H,5,6,7);1H,(H,2,3). The number of hydrogen-bond acceptors (Lipinski definition) is 3. The van der Waals surface area contributed by atoms with Crippen molar-refractivity contribution in [3.8, 4) is 0 Å². The first-order valence-corrected chi connectivity index (χ1v) is 2.38. The van der Waals surface area contributed by atoms with E-state index in [1.54, 1.807) is 0 Å². The predicted molar refractivity (Wildman–Crippen MR) is 33.6 cm³/mol. The second kappa shape index (κ2) is 5.49. The first-order valence-electron chi connectivity index (χ1n) is 2.38. The van der Waals surface area contributed by atoms with Gasteiger partial charge in [0.1, 0.15) is 0 Å². The number of carbonyl (C=O) groups is 1. The molecule has 0 atom stereocenters. The van der Waals surface area contributed by atoms with E-state index in [2.05, 4.69) is 9.97 Å². The lowest BCUT2D eigenvalue weighted by Gasteiger charge is -1.73. The van der Waals surface area contributed by atoms with Crippen LogP contribution in [0, 0.1) is 0 Å². The normalized spacial score (nSPS) is 7.20. The molecule has 10 heavy (non-hydrogen) atoms. The predicted octanol–water partition coefficient (Wildman–Crippen LogP) is -0.529. The minimum Gasteiger partial charge on any atom is -0.483 e. The molecule has 1 heterocycles. The maximum atomic E-state index is 10.2. The van der Waals surface area contributed by atoms with Gasteiger partial charge in [0.25, 0.3) is 12.0 Å². The third-order valence-electron chi connectivity index (χ3n) is 0.593. The molecule has 0 aromatic carbocycles. The molecule has 1 aromatic rings. The molecule has 1 rings (SSSR count). The van der Waals surface area contributed by atoms with Crippen LogP contribution >= 0.6 is 0 Å². The van der Waals surface area contributed by atoms with Crippen molar-refractivity contribution in [2.24, 2.45) is 0 Å². The molecule has 0 spiro atoms. The van der Waals surface area contributed by atoms with E-state index in [1.807, 2.05) is 0 Å². The van der Waals surface area contributed by atoms with Crippen LogP contribution in [-0.2, 0) is 4.79 Å². The third kappa shape index (κ3) is 4.51. The first kappa shape index (κ1) is 8.35. The average molecular weight is 142 g/mol. The fourth-order valence-electron chi connectivity index (χ4n) is 0.303. The van der Waals surface area contributed by atoms with Crippen LogP contribution < -0.4 is 5.56 Å². The Morgan fingerprint density at radius 2 is 2.30 bits per heavy atom. The average Bonchev–Trinajstić information content (AvgIpc) is 1.91.